The molecule has 0 bridgehead atoms. The van der Waals surface area contributed by atoms with E-state index in [1.807, 2.05) is 30.3 Å². The molecule has 3 rings (SSSR count). The summed E-state index contributed by atoms with van der Waals surface area (Å²) in [6, 6.07) is 12.7. The van der Waals surface area contributed by atoms with Gasteiger partial charge in [0.05, 0.1) is 20.3 Å². The predicted molar refractivity (Wildman–Crippen MR) is 139 cm³/mol. The van der Waals surface area contributed by atoms with Gasteiger partial charge in [-0.1, -0.05) is 36.4 Å². The van der Waals surface area contributed by atoms with Gasteiger partial charge < -0.3 is 30.2 Å². The van der Waals surface area contributed by atoms with Crippen LogP contribution < -0.4 is 25.4 Å². The molecule has 0 aliphatic carbocycles. The molecule has 0 unspecified atom stereocenters. The van der Waals surface area contributed by atoms with Crippen molar-refractivity contribution in [3.63, 3.8) is 0 Å². The van der Waals surface area contributed by atoms with Crippen LogP contribution in [0.3, 0.4) is 0 Å². The molecule has 9 nitrogen and oxygen atoms in total. The van der Waals surface area contributed by atoms with Crippen molar-refractivity contribution in [1.29, 1.82) is 0 Å². The van der Waals surface area contributed by atoms with E-state index in [4.69, 9.17) is 9.47 Å². The maximum atomic E-state index is 13.2. The lowest BCUT2D eigenvalue weighted by Gasteiger charge is -2.25. The van der Waals surface area contributed by atoms with Gasteiger partial charge in [-0.25, -0.2) is 0 Å². The molecule has 1 saturated heterocycles. The van der Waals surface area contributed by atoms with Gasteiger partial charge in [-0.2, -0.15) is 0 Å². The summed E-state index contributed by atoms with van der Waals surface area (Å²) in [5.41, 5.74) is 1.56. The van der Waals surface area contributed by atoms with E-state index >= 15 is 0 Å². The van der Waals surface area contributed by atoms with Crippen LogP contribution in [0.2, 0.25) is 0 Å². The molecule has 9 heteroatoms. The molecule has 3 amide bonds. The molecule has 1 fully saturated rings. The Morgan fingerprint density at radius 3 is 2.51 bits per heavy atom. The van der Waals surface area contributed by atoms with Gasteiger partial charge in [0.2, 0.25) is 17.7 Å². The summed E-state index contributed by atoms with van der Waals surface area (Å²) in [4.78, 5) is 49.7. The quantitative estimate of drug-likeness (QED) is 0.299. The molecule has 3 atom stereocenters. The highest BCUT2D eigenvalue weighted by Gasteiger charge is 2.28. The number of benzene rings is 2. The van der Waals surface area contributed by atoms with Crippen LogP contribution in [-0.4, -0.2) is 56.9 Å². The van der Waals surface area contributed by atoms with Crippen LogP contribution in [-0.2, 0) is 25.6 Å². The monoisotopic (exact) mass is 507 g/mol. The second kappa shape index (κ2) is 13.8. The van der Waals surface area contributed by atoms with Crippen LogP contribution >= 0.6 is 0 Å². The van der Waals surface area contributed by atoms with Crippen molar-refractivity contribution in [2.24, 2.45) is 5.92 Å². The fourth-order valence-corrected chi connectivity index (χ4v) is 4.21. The summed E-state index contributed by atoms with van der Waals surface area (Å²) in [6.07, 6.45) is 5.51. The highest BCUT2D eigenvalue weighted by Crippen LogP contribution is 2.28. The summed E-state index contributed by atoms with van der Waals surface area (Å²) < 4.78 is 10.5. The Labute approximate surface area is 216 Å². The minimum atomic E-state index is -0.924. The number of carbonyl (C=O) groups excluding carboxylic acids is 4. The minimum Gasteiger partial charge on any atom is -0.493 e. The molecule has 37 heavy (non-hydrogen) atoms. The van der Waals surface area contributed by atoms with Crippen LogP contribution in [0.1, 0.15) is 30.4 Å². The topological polar surface area (TPSA) is 123 Å². The van der Waals surface area contributed by atoms with Crippen LogP contribution in [0.25, 0.3) is 6.08 Å². The van der Waals surface area contributed by atoms with Crippen LogP contribution in [0.15, 0.2) is 54.6 Å². The van der Waals surface area contributed by atoms with E-state index in [1.54, 1.807) is 24.3 Å². The van der Waals surface area contributed by atoms with Crippen molar-refractivity contribution in [3.8, 4) is 11.5 Å². The van der Waals surface area contributed by atoms with E-state index < -0.39 is 23.9 Å². The Hall–Kier alpha value is -4.14. The van der Waals surface area contributed by atoms with Crippen LogP contribution in [0.5, 0.6) is 11.5 Å². The lowest BCUT2D eigenvalue weighted by molar-refractivity contribution is -0.130. The van der Waals surface area contributed by atoms with E-state index in [0.29, 0.717) is 36.3 Å². The number of aldehydes is 1. The van der Waals surface area contributed by atoms with E-state index in [0.717, 1.165) is 12.0 Å². The Balaban J connectivity index is 1.70. The highest BCUT2D eigenvalue weighted by atomic mass is 16.5. The molecule has 2 aromatic rings. The highest BCUT2D eigenvalue weighted by molar-refractivity contribution is 5.96. The standard InChI is InChI=1S/C28H33N3O6/c1-36-24-12-10-20(16-25(24)37-2)11-13-26(33)31-23(15-19-7-4-3-5-8-19)28(35)30-22(18-32)17-21-9-6-14-29-27(21)34/h3-5,7-8,10-13,16,18,21-23H,6,9,14-15,17H2,1-2H3,(H,29,34)(H,30,35)(H,31,33)/b13-11+/t21-,22-,23-/m0/s1. The predicted octanol–water partition coefficient (Wildman–Crippen LogP) is 2.04. The Morgan fingerprint density at radius 2 is 1.84 bits per heavy atom. The van der Waals surface area contributed by atoms with Gasteiger partial charge in [0, 0.05) is 25.0 Å². The molecule has 2 aromatic carbocycles. The van der Waals surface area contributed by atoms with Crippen molar-refractivity contribution >= 4 is 30.1 Å². The van der Waals surface area contributed by atoms with Gasteiger partial charge in [-0.05, 0) is 48.6 Å². The zero-order valence-corrected chi connectivity index (χ0v) is 21.1. The number of methoxy groups -OCH3 is 2. The third-order valence-electron chi connectivity index (χ3n) is 6.18. The number of hydrogen-bond acceptors (Lipinski definition) is 6. The van der Waals surface area contributed by atoms with Gasteiger partial charge in [0.1, 0.15) is 12.3 Å². The molecule has 196 valence electrons. The Bertz CT molecular complexity index is 1120. The van der Waals surface area contributed by atoms with Crippen molar-refractivity contribution in [2.45, 2.75) is 37.8 Å². The molecule has 0 saturated carbocycles. The van der Waals surface area contributed by atoms with Gasteiger partial charge in [-0.15, -0.1) is 0 Å². The fourth-order valence-electron chi connectivity index (χ4n) is 4.21. The molecule has 1 aliphatic rings. The summed E-state index contributed by atoms with van der Waals surface area (Å²) in [7, 11) is 3.07. The first-order valence-electron chi connectivity index (χ1n) is 12.2. The number of piperidine rings is 1. The van der Waals surface area contributed by atoms with Crippen LogP contribution in [0.4, 0.5) is 0 Å². The first-order valence-corrected chi connectivity index (χ1v) is 12.2. The summed E-state index contributed by atoms with van der Waals surface area (Å²) >= 11 is 0. The van der Waals surface area contributed by atoms with Crippen molar-refractivity contribution in [2.75, 3.05) is 20.8 Å². The summed E-state index contributed by atoms with van der Waals surface area (Å²) in [6.45, 7) is 0.620. The number of nitrogens with one attached hydrogen (secondary N) is 3. The summed E-state index contributed by atoms with van der Waals surface area (Å²) in [5.74, 6) is -0.320. The molecule has 0 spiro atoms. The molecule has 0 aromatic heterocycles. The largest absolute Gasteiger partial charge is 0.493 e. The molecule has 1 aliphatic heterocycles. The Kier molecular flexibility index (Phi) is 10.3. The van der Waals surface area contributed by atoms with Gasteiger partial charge in [-0.3, -0.25) is 14.4 Å². The van der Waals surface area contributed by atoms with Crippen LogP contribution in [0, 0.1) is 5.92 Å². The number of amides is 3. The normalized spacial score (nSPS) is 16.8. The number of carbonyl (C=O) groups is 4. The summed E-state index contributed by atoms with van der Waals surface area (Å²) in [5, 5.41) is 8.24. The SMILES string of the molecule is COc1ccc(/C=C/C(=O)N[C@@H](Cc2ccccc2)C(=O)N[C@H](C=O)C[C@@H]2CCCNC2=O)cc1OC. The first kappa shape index (κ1) is 27.4. The maximum Gasteiger partial charge on any atom is 0.244 e. The molecular formula is C28H33N3O6. The maximum absolute atomic E-state index is 13.2. The van der Waals surface area contributed by atoms with Gasteiger partial charge in [0.15, 0.2) is 11.5 Å². The van der Waals surface area contributed by atoms with Crippen molar-refractivity contribution in [3.05, 3.63) is 65.7 Å². The minimum absolute atomic E-state index is 0.109. The smallest absolute Gasteiger partial charge is 0.244 e. The third-order valence-corrected chi connectivity index (χ3v) is 6.18. The van der Waals surface area contributed by atoms with Gasteiger partial charge >= 0.3 is 0 Å². The second-order valence-electron chi connectivity index (χ2n) is 8.82. The van der Waals surface area contributed by atoms with E-state index in [-0.39, 0.29) is 24.7 Å². The van der Waals surface area contributed by atoms with E-state index in [2.05, 4.69) is 16.0 Å². The Morgan fingerprint density at radius 1 is 1.08 bits per heavy atom. The molecule has 3 N–H and O–H groups in total. The second-order valence-corrected chi connectivity index (χ2v) is 8.82. The molecule has 1 heterocycles. The zero-order valence-electron chi connectivity index (χ0n) is 21.1. The van der Waals surface area contributed by atoms with Crippen molar-refractivity contribution < 1.29 is 28.7 Å². The average Bonchev–Trinajstić information content (AvgIpc) is 2.92. The molecule has 0 radical (unpaired) electrons. The number of rotatable bonds is 12. The fraction of sp³-hybridized carbons (Fsp3) is 0.357. The lowest BCUT2D eigenvalue weighted by atomic mass is 9.92. The lowest BCUT2D eigenvalue weighted by Crippen LogP contribution is -2.51. The molecular weight excluding hydrogens is 474 g/mol. The van der Waals surface area contributed by atoms with Gasteiger partial charge in [0.25, 0.3) is 0 Å². The third kappa shape index (κ3) is 8.20. The van der Waals surface area contributed by atoms with E-state index in [1.165, 1.54) is 20.3 Å². The van der Waals surface area contributed by atoms with Crippen molar-refractivity contribution in [1.82, 2.24) is 16.0 Å². The number of ether oxygens (including phenoxy) is 2. The first-order chi connectivity index (χ1) is 17.9. The van der Waals surface area contributed by atoms with E-state index in [9.17, 15) is 19.2 Å². The average molecular weight is 508 g/mol. The number of hydrogen-bond donors (Lipinski definition) is 3. The zero-order chi connectivity index (χ0) is 26.6.